The van der Waals surface area contributed by atoms with Crippen molar-refractivity contribution in [2.45, 2.75) is 39.2 Å². The fourth-order valence-electron chi connectivity index (χ4n) is 2.46. The summed E-state index contributed by atoms with van der Waals surface area (Å²) in [4.78, 5) is 18.6. The van der Waals surface area contributed by atoms with Crippen LogP contribution in [0.15, 0.2) is 12.1 Å². The predicted octanol–water partition coefficient (Wildman–Crippen LogP) is 1.88. The Hall–Kier alpha value is -1.98. The molecule has 1 aliphatic heterocycles. The van der Waals surface area contributed by atoms with E-state index >= 15 is 0 Å². The number of anilines is 2. The smallest absolute Gasteiger partial charge is 0.244 e. The number of likely N-dealkylation sites (tertiary alicyclic amines) is 1. The Morgan fingerprint density at radius 1 is 1.43 bits per heavy atom. The number of hydrogen-bond donors (Lipinski definition) is 2. The van der Waals surface area contributed by atoms with Crippen LogP contribution >= 0.6 is 0 Å². The van der Waals surface area contributed by atoms with Crippen LogP contribution in [0.2, 0.25) is 0 Å². The Balaban J connectivity index is 1.99. The average Bonchev–Trinajstić information content (AvgIpc) is 2.51. The van der Waals surface area contributed by atoms with Gasteiger partial charge in [-0.3, -0.25) is 4.79 Å². The highest BCUT2D eigenvalue weighted by Gasteiger charge is 2.22. The standard InChI is InChI=1S/C15H24N4O2/c1-3-21-14-12(16)7-8-13(18-14)17-11(2)15(20)19-9-5-4-6-10-19/h7-8,11H,3-6,9-10,16H2,1-2H3,(H,17,18). The summed E-state index contributed by atoms with van der Waals surface area (Å²) in [6, 6.07) is 3.18. The topological polar surface area (TPSA) is 80.5 Å². The van der Waals surface area contributed by atoms with Crippen LogP contribution in [0.3, 0.4) is 0 Å². The Kier molecular flexibility index (Phi) is 5.25. The van der Waals surface area contributed by atoms with Gasteiger partial charge in [0.05, 0.1) is 12.3 Å². The molecule has 6 nitrogen and oxygen atoms in total. The van der Waals surface area contributed by atoms with Crippen molar-refractivity contribution in [2.75, 3.05) is 30.7 Å². The molecule has 0 aliphatic carbocycles. The van der Waals surface area contributed by atoms with Crippen LogP contribution in [0.5, 0.6) is 5.88 Å². The summed E-state index contributed by atoms with van der Waals surface area (Å²) < 4.78 is 5.36. The molecule has 1 aliphatic rings. The van der Waals surface area contributed by atoms with Crippen LogP contribution in [0, 0.1) is 0 Å². The lowest BCUT2D eigenvalue weighted by Crippen LogP contribution is -2.44. The Morgan fingerprint density at radius 3 is 2.81 bits per heavy atom. The van der Waals surface area contributed by atoms with Gasteiger partial charge in [0.15, 0.2) is 0 Å². The van der Waals surface area contributed by atoms with Gasteiger partial charge in [-0.15, -0.1) is 0 Å². The Bertz CT molecular complexity index is 487. The number of piperidine rings is 1. The van der Waals surface area contributed by atoms with E-state index in [0.717, 1.165) is 25.9 Å². The molecule has 1 amide bonds. The lowest BCUT2D eigenvalue weighted by molar-refractivity contribution is -0.132. The Labute approximate surface area is 125 Å². The van der Waals surface area contributed by atoms with Crippen LogP contribution in [0.4, 0.5) is 11.5 Å². The van der Waals surface area contributed by atoms with Crippen molar-refractivity contribution in [1.29, 1.82) is 0 Å². The van der Waals surface area contributed by atoms with E-state index in [4.69, 9.17) is 10.5 Å². The molecule has 0 saturated carbocycles. The molecule has 1 atom stereocenters. The molecule has 0 radical (unpaired) electrons. The van der Waals surface area contributed by atoms with Gasteiger partial charge in [-0.1, -0.05) is 0 Å². The molecule has 21 heavy (non-hydrogen) atoms. The van der Waals surface area contributed by atoms with Gasteiger partial charge in [0.2, 0.25) is 11.8 Å². The predicted molar refractivity (Wildman–Crippen MR) is 83.3 cm³/mol. The number of nitrogens with two attached hydrogens (primary N) is 1. The molecule has 0 spiro atoms. The lowest BCUT2D eigenvalue weighted by Gasteiger charge is -2.29. The first-order chi connectivity index (χ1) is 10.1. The molecular formula is C15H24N4O2. The zero-order valence-electron chi connectivity index (χ0n) is 12.8. The molecule has 6 heteroatoms. The lowest BCUT2D eigenvalue weighted by atomic mass is 10.1. The first-order valence-corrected chi connectivity index (χ1v) is 7.56. The third-order valence-electron chi connectivity index (χ3n) is 3.57. The van der Waals surface area contributed by atoms with E-state index in [1.807, 2.05) is 18.7 Å². The van der Waals surface area contributed by atoms with Crippen molar-refractivity contribution in [3.63, 3.8) is 0 Å². The van der Waals surface area contributed by atoms with Crippen molar-refractivity contribution in [1.82, 2.24) is 9.88 Å². The molecule has 1 unspecified atom stereocenters. The third-order valence-corrected chi connectivity index (χ3v) is 3.57. The first kappa shape index (κ1) is 15.4. The maximum absolute atomic E-state index is 12.4. The van der Waals surface area contributed by atoms with Gasteiger partial charge < -0.3 is 20.7 Å². The molecule has 1 aromatic heterocycles. The van der Waals surface area contributed by atoms with Gasteiger partial charge in [-0.25, -0.2) is 0 Å². The van der Waals surface area contributed by atoms with E-state index in [-0.39, 0.29) is 11.9 Å². The summed E-state index contributed by atoms with van der Waals surface area (Å²) in [5.41, 5.74) is 6.29. The molecule has 0 aromatic carbocycles. The summed E-state index contributed by atoms with van der Waals surface area (Å²) >= 11 is 0. The van der Waals surface area contributed by atoms with Crippen LogP contribution in [0.1, 0.15) is 33.1 Å². The SMILES string of the molecule is CCOc1nc(NC(C)C(=O)N2CCCCC2)ccc1N. The van der Waals surface area contributed by atoms with Crippen molar-refractivity contribution in [3.05, 3.63) is 12.1 Å². The fraction of sp³-hybridized carbons (Fsp3) is 0.600. The molecule has 0 bridgehead atoms. The van der Waals surface area contributed by atoms with Crippen molar-refractivity contribution >= 4 is 17.4 Å². The van der Waals surface area contributed by atoms with Crippen LogP contribution in [-0.2, 0) is 4.79 Å². The molecule has 2 heterocycles. The Morgan fingerprint density at radius 2 is 2.14 bits per heavy atom. The summed E-state index contributed by atoms with van der Waals surface area (Å²) in [5.74, 6) is 1.12. The molecule has 2 rings (SSSR count). The molecule has 116 valence electrons. The highest BCUT2D eigenvalue weighted by atomic mass is 16.5. The number of carbonyl (C=O) groups excluding carboxylic acids is 1. The number of pyridine rings is 1. The maximum atomic E-state index is 12.4. The second-order valence-corrected chi connectivity index (χ2v) is 5.28. The highest BCUT2D eigenvalue weighted by Crippen LogP contribution is 2.21. The van der Waals surface area contributed by atoms with E-state index in [9.17, 15) is 4.79 Å². The van der Waals surface area contributed by atoms with Crippen molar-refractivity contribution < 1.29 is 9.53 Å². The van der Waals surface area contributed by atoms with Gasteiger partial charge in [0, 0.05) is 13.1 Å². The number of nitrogen functional groups attached to an aromatic ring is 1. The second-order valence-electron chi connectivity index (χ2n) is 5.28. The molecule has 3 N–H and O–H groups in total. The van der Waals surface area contributed by atoms with Gasteiger partial charge in [0.1, 0.15) is 11.9 Å². The number of nitrogens with zero attached hydrogens (tertiary/aromatic N) is 2. The van der Waals surface area contributed by atoms with Crippen LogP contribution in [-0.4, -0.2) is 41.5 Å². The van der Waals surface area contributed by atoms with Crippen LogP contribution in [0.25, 0.3) is 0 Å². The largest absolute Gasteiger partial charge is 0.476 e. The second kappa shape index (κ2) is 7.15. The van der Waals surface area contributed by atoms with Crippen molar-refractivity contribution in [2.24, 2.45) is 0 Å². The summed E-state index contributed by atoms with van der Waals surface area (Å²) in [6.07, 6.45) is 3.39. The van der Waals surface area contributed by atoms with E-state index in [1.54, 1.807) is 12.1 Å². The number of carbonyl (C=O) groups is 1. The molecule has 1 saturated heterocycles. The number of aromatic nitrogens is 1. The quantitative estimate of drug-likeness (QED) is 0.866. The number of amides is 1. The summed E-state index contributed by atoms with van der Waals surface area (Å²) in [5, 5.41) is 3.13. The van der Waals surface area contributed by atoms with Gasteiger partial charge >= 0.3 is 0 Å². The van der Waals surface area contributed by atoms with Gasteiger partial charge in [0.25, 0.3) is 0 Å². The van der Waals surface area contributed by atoms with E-state index < -0.39 is 0 Å². The minimum atomic E-state index is -0.311. The van der Waals surface area contributed by atoms with Gasteiger partial charge in [-0.05, 0) is 45.2 Å². The average molecular weight is 292 g/mol. The first-order valence-electron chi connectivity index (χ1n) is 7.56. The minimum absolute atomic E-state index is 0.117. The maximum Gasteiger partial charge on any atom is 0.244 e. The number of nitrogens with one attached hydrogen (secondary N) is 1. The zero-order chi connectivity index (χ0) is 15.2. The molecule has 1 fully saturated rings. The zero-order valence-corrected chi connectivity index (χ0v) is 12.8. The van der Waals surface area contributed by atoms with E-state index in [0.29, 0.717) is 24.0 Å². The van der Waals surface area contributed by atoms with E-state index in [1.165, 1.54) is 6.42 Å². The fourth-order valence-corrected chi connectivity index (χ4v) is 2.46. The summed E-state index contributed by atoms with van der Waals surface area (Å²) in [7, 11) is 0. The molecule has 1 aromatic rings. The number of rotatable bonds is 5. The monoisotopic (exact) mass is 292 g/mol. The van der Waals surface area contributed by atoms with Gasteiger partial charge in [-0.2, -0.15) is 4.98 Å². The van der Waals surface area contributed by atoms with E-state index in [2.05, 4.69) is 10.3 Å². The number of hydrogen-bond acceptors (Lipinski definition) is 5. The minimum Gasteiger partial charge on any atom is -0.476 e. The highest BCUT2D eigenvalue weighted by molar-refractivity contribution is 5.84. The molecular weight excluding hydrogens is 268 g/mol. The van der Waals surface area contributed by atoms with Crippen LogP contribution < -0.4 is 15.8 Å². The number of ether oxygens (including phenoxy) is 1. The summed E-state index contributed by atoms with van der Waals surface area (Å²) in [6.45, 7) is 5.94. The normalized spacial score (nSPS) is 16.4. The third kappa shape index (κ3) is 4.00. The van der Waals surface area contributed by atoms with Crippen molar-refractivity contribution in [3.8, 4) is 5.88 Å².